The fourth-order valence-electron chi connectivity index (χ4n) is 3.86. The number of urea groups is 1. The molecule has 0 saturated heterocycles. The Morgan fingerprint density at radius 2 is 1.88 bits per heavy atom. The van der Waals surface area contributed by atoms with Crippen LogP contribution < -0.4 is 10.6 Å². The number of amides is 3. The predicted octanol–water partition coefficient (Wildman–Crippen LogP) is 4.55. The Morgan fingerprint density at radius 1 is 1.06 bits per heavy atom. The Labute approximate surface area is 191 Å². The lowest BCUT2D eigenvalue weighted by Gasteiger charge is -2.25. The van der Waals surface area contributed by atoms with Crippen molar-refractivity contribution in [3.05, 3.63) is 54.3 Å². The first-order valence-corrected chi connectivity index (χ1v) is 11.9. The summed E-state index contributed by atoms with van der Waals surface area (Å²) in [5.74, 6) is 1.61. The topological polar surface area (TPSA) is 102 Å². The van der Waals surface area contributed by atoms with Crippen molar-refractivity contribution in [1.82, 2.24) is 25.4 Å². The summed E-state index contributed by atoms with van der Waals surface area (Å²) < 4.78 is 7.72. The Kier molecular flexibility index (Phi) is 7.60. The molecule has 0 radical (unpaired) electrons. The summed E-state index contributed by atoms with van der Waals surface area (Å²) in [6.07, 6.45) is 7.63. The molecule has 0 spiro atoms. The third-order valence-corrected chi connectivity index (χ3v) is 6.40. The van der Waals surface area contributed by atoms with Crippen molar-refractivity contribution >= 4 is 23.7 Å². The number of carbonyl (C=O) groups excluding carboxylic acids is 2. The summed E-state index contributed by atoms with van der Waals surface area (Å²) in [6, 6.07) is 13.1. The molecule has 1 saturated carbocycles. The molecule has 3 amide bonds. The van der Waals surface area contributed by atoms with Gasteiger partial charge < -0.3 is 9.73 Å². The number of imide groups is 1. The van der Waals surface area contributed by atoms with E-state index in [-0.39, 0.29) is 12.3 Å². The maximum absolute atomic E-state index is 12.2. The molecule has 0 aliphatic heterocycles. The Balaban J connectivity index is 1.30. The lowest BCUT2D eigenvalue weighted by atomic mass is 9.95. The van der Waals surface area contributed by atoms with E-state index in [2.05, 4.69) is 25.4 Å². The largest absolute Gasteiger partial charge is 0.461 e. The van der Waals surface area contributed by atoms with Crippen LogP contribution in [0.15, 0.2) is 58.3 Å². The molecule has 2 N–H and O–H groups in total. The molecular formula is C23H27N5O3S. The number of rotatable bonds is 8. The second-order valence-electron chi connectivity index (χ2n) is 7.76. The number of furan rings is 1. The highest BCUT2D eigenvalue weighted by Crippen LogP contribution is 2.35. The van der Waals surface area contributed by atoms with Gasteiger partial charge in [0.05, 0.1) is 6.26 Å². The molecule has 1 aliphatic carbocycles. The van der Waals surface area contributed by atoms with Gasteiger partial charge in [-0.15, -0.1) is 10.2 Å². The van der Waals surface area contributed by atoms with Crippen LogP contribution in [0.2, 0.25) is 0 Å². The van der Waals surface area contributed by atoms with Crippen molar-refractivity contribution in [2.45, 2.75) is 56.3 Å². The van der Waals surface area contributed by atoms with Crippen LogP contribution in [0.4, 0.5) is 4.79 Å². The van der Waals surface area contributed by atoms with Crippen molar-refractivity contribution in [2.24, 2.45) is 0 Å². The Hall–Kier alpha value is -3.07. The molecule has 168 valence electrons. The first-order chi connectivity index (χ1) is 15.7. The number of hydrogen-bond acceptors (Lipinski definition) is 6. The molecule has 0 atom stereocenters. The van der Waals surface area contributed by atoms with Gasteiger partial charge in [0.1, 0.15) is 0 Å². The van der Waals surface area contributed by atoms with Gasteiger partial charge in [-0.3, -0.25) is 14.7 Å². The van der Waals surface area contributed by atoms with E-state index in [1.54, 1.807) is 6.26 Å². The number of hydrogen-bond donors (Lipinski definition) is 2. The van der Waals surface area contributed by atoms with E-state index in [0.29, 0.717) is 24.1 Å². The average Bonchev–Trinajstić information content (AvgIpc) is 3.49. The molecule has 8 nitrogen and oxygen atoms in total. The van der Waals surface area contributed by atoms with Crippen LogP contribution in [-0.2, 0) is 11.3 Å². The zero-order valence-electron chi connectivity index (χ0n) is 17.8. The van der Waals surface area contributed by atoms with Gasteiger partial charge in [-0.05, 0) is 30.5 Å². The first-order valence-electron chi connectivity index (χ1n) is 10.9. The highest BCUT2D eigenvalue weighted by molar-refractivity contribution is 7.99. The molecular weight excluding hydrogens is 426 g/mol. The summed E-state index contributed by atoms with van der Waals surface area (Å²) in [4.78, 5) is 24.2. The summed E-state index contributed by atoms with van der Waals surface area (Å²) >= 11 is 1.48. The van der Waals surface area contributed by atoms with Crippen LogP contribution in [0.25, 0.3) is 11.6 Å². The van der Waals surface area contributed by atoms with Crippen LogP contribution in [-0.4, -0.2) is 32.5 Å². The highest BCUT2D eigenvalue weighted by atomic mass is 32.2. The second-order valence-corrected chi connectivity index (χ2v) is 8.82. The number of carbonyl (C=O) groups is 2. The van der Waals surface area contributed by atoms with E-state index in [1.807, 2.05) is 42.5 Å². The van der Waals surface area contributed by atoms with Gasteiger partial charge >= 0.3 is 6.03 Å². The summed E-state index contributed by atoms with van der Waals surface area (Å²) in [6.45, 7) is 0.370. The minimum atomic E-state index is -0.491. The van der Waals surface area contributed by atoms with Gasteiger partial charge in [0.15, 0.2) is 10.9 Å². The number of nitrogens with one attached hydrogen (secondary N) is 2. The Morgan fingerprint density at radius 3 is 2.62 bits per heavy atom. The fraction of sp³-hybridized carbons (Fsp3) is 0.391. The summed E-state index contributed by atoms with van der Waals surface area (Å²) in [7, 11) is 0. The lowest BCUT2D eigenvalue weighted by Crippen LogP contribution is -2.39. The van der Waals surface area contributed by atoms with Crippen molar-refractivity contribution < 1.29 is 14.0 Å². The molecule has 1 aliphatic rings. The molecule has 4 rings (SSSR count). The molecule has 1 aromatic carbocycles. The SMILES string of the molecule is O=C(CCSc1nnc(-c2ccco2)n1C1CCCCC1)NC(=O)NCc1ccccc1. The average molecular weight is 454 g/mol. The minimum Gasteiger partial charge on any atom is -0.461 e. The minimum absolute atomic E-state index is 0.205. The standard InChI is InChI=1S/C23H27N5O3S/c29-20(25-22(30)24-16-17-8-3-1-4-9-17)13-15-32-23-27-26-21(19-12-7-14-31-19)28(23)18-10-5-2-6-11-18/h1,3-4,7-9,12,14,18H,2,5-6,10-11,13,15-16H2,(H2,24,25,29,30). The number of nitrogens with zero attached hydrogens (tertiary/aromatic N) is 3. The number of thioether (sulfide) groups is 1. The molecule has 2 heterocycles. The van der Waals surface area contributed by atoms with Gasteiger partial charge in [-0.25, -0.2) is 4.79 Å². The van der Waals surface area contributed by atoms with E-state index < -0.39 is 6.03 Å². The molecule has 0 unspecified atom stereocenters. The fourth-order valence-corrected chi connectivity index (χ4v) is 4.81. The van der Waals surface area contributed by atoms with Gasteiger partial charge in [0.2, 0.25) is 11.7 Å². The lowest BCUT2D eigenvalue weighted by molar-refractivity contribution is -0.119. The smallest absolute Gasteiger partial charge is 0.321 e. The van der Waals surface area contributed by atoms with E-state index in [9.17, 15) is 9.59 Å². The van der Waals surface area contributed by atoms with Crippen molar-refractivity contribution in [1.29, 1.82) is 0 Å². The third-order valence-electron chi connectivity index (χ3n) is 5.46. The first kappa shape index (κ1) is 22.1. The quantitative estimate of drug-likeness (QED) is 0.485. The van der Waals surface area contributed by atoms with Crippen molar-refractivity contribution in [3.63, 3.8) is 0 Å². The summed E-state index contributed by atoms with van der Waals surface area (Å²) in [5, 5.41) is 14.6. The van der Waals surface area contributed by atoms with Gasteiger partial charge in [0.25, 0.3) is 0 Å². The maximum Gasteiger partial charge on any atom is 0.321 e. The predicted molar refractivity (Wildman–Crippen MR) is 122 cm³/mol. The van der Waals surface area contributed by atoms with Crippen LogP contribution in [0.5, 0.6) is 0 Å². The number of benzene rings is 1. The summed E-state index contributed by atoms with van der Waals surface area (Å²) in [5.41, 5.74) is 0.972. The van der Waals surface area contributed by atoms with Gasteiger partial charge in [0, 0.05) is 24.8 Å². The zero-order chi connectivity index (χ0) is 22.2. The molecule has 3 aromatic rings. The third kappa shape index (κ3) is 5.79. The van der Waals surface area contributed by atoms with Gasteiger partial charge in [-0.1, -0.05) is 61.4 Å². The molecule has 9 heteroatoms. The normalized spacial score (nSPS) is 14.2. The van der Waals surface area contributed by atoms with E-state index >= 15 is 0 Å². The molecule has 0 bridgehead atoms. The van der Waals surface area contributed by atoms with Crippen LogP contribution in [0, 0.1) is 0 Å². The van der Waals surface area contributed by atoms with Gasteiger partial charge in [-0.2, -0.15) is 0 Å². The molecule has 1 fully saturated rings. The maximum atomic E-state index is 12.2. The van der Waals surface area contributed by atoms with Crippen molar-refractivity contribution in [2.75, 3.05) is 5.75 Å². The van der Waals surface area contributed by atoms with E-state index in [4.69, 9.17) is 4.42 Å². The second kappa shape index (κ2) is 11.0. The van der Waals surface area contributed by atoms with E-state index in [0.717, 1.165) is 29.4 Å². The molecule has 32 heavy (non-hydrogen) atoms. The zero-order valence-corrected chi connectivity index (χ0v) is 18.6. The monoisotopic (exact) mass is 453 g/mol. The van der Waals surface area contributed by atoms with Crippen LogP contribution >= 0.6 is 11.8 Å². The Bertz CT molecular complexity index is 1010. The van der Waals surface area contributed by atoms with Crippen molar-refractivity contribution in [3.8, 4) is 11.6 Å². The van der Waals surface area contributed by atoms with E-state index in [1.165, 1.54) is 31.0 Å². The van der Waals surface area contributed by atoms with Crippen LogP contribution in [0.1, 0.15) is 50.1 Å². The number of aromatic nitrogens is 3. The molecule has 2 aromatic heterocycles. The highest BCUT2D eigenvalue weighted by Gasteiger charge is 2.25. The van der Waals surface area contributed by atoms with Crippen LogP contribution in [0.3, 0.4) is 0 Å².